The summed E-state index contributed by atoms with van der Waals surface area (Å²) in [5.41, 5.74) is 0. The van der Waals surface area contributed by atoms with Crippen LogP contribution in [0, 0.1) is 0 Å². The molecular formula is C4H6F3NaO2S. The molecule has 0 N–H and O–H groups in total. The first kappa shape index (κ1) is 11.9. The summed E-state index contributed by atoms with van der Waals surface area (Å²) in [6, 6.07) is 0. The van der Waals surface area contributed by atoms with Crippen LogP contribution in [0.4, 0.5) is 13.2 Å². The summed E-state index contributed by atoms with van der Waals surface area (Å²) in [4.78, 5) is 0. The van der Waals surface area contributed by atoms with Gasteiger partial charge < -0.3 is 0 Å². The Morgan fingerprint density at radius 2 is 1.82 bits per heavy atom. The van der Waals surface area contributed by atoms with Crippen molar-refractivity contribution in [1.82, 2.24) is 0 Å². The number of rotatable bonds is 2. The Labute approximate surface area is 86.4 Å². The molecule has 0 amide bonds. The minimum atomic E-state index is -4.76. The van der Waals surface area contributed by atoms with Crippen molar-refractivity contribution in [3.05, 3.63) is 0 Å². The van der Waals surface area contributed by atoms with Crippen LogP contribution in [0.2, 0.25) is 0 Å². The molecule has 62 valence electrons. The van der Waals surface area contributed by atoms with E-state index in [1.165, 1.54) is 0 Å². The Kier molecular flexibility index (Phi) is 4.57. The van der Waals surface area contributed by atoms with Crippen LogP contribution < -0.4 is 0 Å². The number of hydrogen-bond donors (Lipinski definition) is 0. The van der Waals surface area contributed by atoms with Crippen LogP contribution in [0.3, 0.4) is 0 Å². The van der Waals surface area contributed by atoms with Gasteiger partial charge in [0.15, 0.2) is 11.1 Å². The summed E-state index contributed by atoms with van der Waals surface area (Å²) in [7, 11) is 0. The van der Waals surface area contributed by atoms with Crippen LogP contribution in [0.5, 0.6) is 0 Å². The fourth-order valence-corrected chi connectivity index (χ4v) is 1.26. The summed E-state index contributed by atoms with van der Waals surface area (Å²) in [5.74, 6) is 0. The van der Waals surface area contributed by atoms with Gasteiger partial charge in [-0.25, -0.2) is 4.21 Å². The van der Waals surface area contributed by atoms with Gasteiger partial charge in [-0.05, 0) is 12.8 Å². The Morgan fingerprint density at radius 1 is 1.36 bits per heavy atom. The van der Waals surface area contributed by atoms with E-state index < -0.39 is 17.4 Å². The van der Waals surface area contributed by atoms with Gasteiger partial charge in [0.2, 0.25) is 0 Å². The second kappa shape index (κ2) is 4.23. The topological polar surface area (TPSA) is 26.3 Å². The van der Waals surface area contributed by atoms with Gasteiger partial charge in [0, 0.05) is 0 Å². The Bertz CT molecular complexity index is 156. The Balaban J connectivity index is 0.000001000. The first-order valence-electron chi connectivity index (χ1n) is 2.66. The number of hydrogen-bond acceptors (Lipinski definition) is 2. The van der Waals surface area contributed by atoms with E-state index in [0.29, 0.717) is 12.8 Å². The molecule has 0 radical (unpaired) electrons. The summed E-state index contributed by atoms with van der Waals surface area (Å²) in [5, 5.41) is -0.387. The van der Waals surface area contributed by atoms with Crippen molar-refractivity contribution < 1.29 is 21.6 Å². The number of alkyl halides is 3. The molecule has 1 rings (SSSR count). The predicted molar refractivity (Wildman–Crippen MR) is 35.5 cm³/mol. The predicted octanol–water partition coefficient (Wildman–Crippen LogP) is 0.700. The van der Waals surface area contributed by atoms with E-state index in [9.17, 15) is 17.4 Å². The van der Waals surface area contributed by atoms with E-state index in [-0.39, 0.29) is 34.8 Å². The molecule has 0 aromatic rings. The molecule has 0 aromatic heterocycles. The molecule has 2 nitrogen and oxygen atoms in total. The average molecular weight is 198 g/mol. The van der Waals surface area contributed by atoms with E-state index >= 15 is 0 Å². The van der Waals surface area contributed by atoms with Gasteiger partial charge in [-0.15, -0.1) is 13.2 Å². The molecule has 1 fully saturated rings. The van der Waals surface area contributed by atoms with Crippen LogP contribution in [-0.4, -0.2) is 45.4 Å². The zero-order chi connectivity index (χ0) is 7.78. The quantitative estimate of drug-likeness (QED) is 0.610. The minimum absolute atomic E-state index is 0. The molecule has 1 aliphatic carbocycles. The maximum atomic E-state index is 11.3. The van der Waals surface area contributed by atoms with Crippen LogP contribution >= 0.6 is 0 Å². The molecule has 0 aromatic carbocycles. The summed E-state index contributed by atoms with van der Waals surface area (Å²) in [6.07, 6.45) is -3.61. The van der Waals surface area contributed by atoms with E-state index in [1.54, 1.807) is 0 Å². The van der Waals surface area contributed by atoms with Gasteiger partial charge in [-0.3, -0.25) is 0 Å². The third-order valence-corrected chi connectivity index (χ3v) is 2.34. The normalized spacial score (nSPS) is 20.6. The molecule has 0 aliphatic heterocycles. The van der Waals surface area contributed by atoms with E-state index in [1.807, 2.05) is 0 Å². The molecule has 7 heteroatoms. The third kappa shape index (κ3) is 5.19. The fourth-order valence-electron chi connectivity index (χ4n) is 0.422. The van der Waals surface area contributed by atoms with Crippen molar-refractivity contribution >= 4 is 40.6 Å². The van der Waals surface area contributed by atoms with Crippen LogP contribution in [0.25, 0.3) is 0 Å². The van der Waals surface area contributed by atoms with Gasteiger partial charge in [0.05, 0.1) is 5.25 Å². The second-order valence-corrected chi connectivity index (χ2v) is 3.34. The van der Waals surface area contributed by atoms with Crippen molar-refractivity contribution in [3.8, 4) is 0 Å². The van der Waals surface area contributed by atoms with Crippen molar-refractivity contribution in [2.45, 2.75) is 24.5 Å². The van der Waals surface area contributed by atoms with Gasteiger partial charge >= 0.3 is 35.9 Å². The van der Waals surface area contributed by atoms with Crippen LogP contribution in [0.15, 0.2) is 0 Å². The zero-order valence-electron chi connectivity index (χ0n) is 4.85. The zero-order valence-corrected chi connectivity index (χ0v) is 5.67. The molecule has 1 atom stereocenters. The van der Waals surface area contributed by atoms with Gasteiger partial charge in [0.25, 0.3) is 0 Å². The van der Waals surface area contributed by atoms with Crippen LogP contribution in [0.1, 0.15) is 12.8 Å². The molecule has 1 saturated carbocycles. The first-order chi connectivity index (χ1) is 4.49. The summed E-state index contributed by atoms with van der Waals surface area (Å²) < 4.78 is 47.5. The molecule has 1 unspecified atom stereocenters. The van der Waals surface area contributed by atoms with E-state index in [2.05, 4.69) is 4.18 Å². The second-order valence-electron chi connectivity index (χ2n) is 1.99. The average Bonchev–Trinajstić information content (AvgIpc) is 2.35. The summed E-state index contributed by atoms with van der Waals surface area (Å²) >= 11 is -2.16. The monoisotopic (exact) mass is 198 g/mol. The van der Waals surface area contributed by atoms with E-state index in [0.717, 1.165) is 0 Å². The van der Waals surface area contributed by atoms with Crippen molar-refractivity contribution in [2.75, 3.05) is 0 Å². The van der Waals surface area contributed by atoms with Crippen molar-refractivity contribution in [2.24, 2.45) is 0 Å². The molecule has 0 heterocycles. The van der Waals surface area contributed by atoms with Crippen LogP contribution in [-0.2, 0) is 15.3 Å². The van der Waals surface area contributed by atoms with E-state index in [4.69, 9.17) is 0 Å². The molecule has 11 heavy (non-hydrogen) atoms. The SMILES string of the molecule is O=S(OC(F)(F)F)C1CC1.[NaH]. The third-order valence-electron chi connectivity index (χ3n) is 0.973. The Hall–Kier alpha value is 0.900. The summed E-state index contributed by atoms with van der Waals surface area (Å²) in [6.45, 7) is 0. The fraction of sp³-hybridized carbons (Fsp3) is 1.00. The molecule has 0 bridgehead atoms. The van der Waals surface area contributed by atoms with Gasteiger partial charge in [-0.2, -0.15) is 4.18 Å². The molecular weight excluding hydrogens is 192 g/mol. The van der Waals surface area contributed by atoms with Crippen molar-refractivity contribution in [3.63, 3.8) is 0 Å². The van der Waals surface area contributed by atoms with Crippen molar-refractivity contribution in [1.29, 1.82) is 0 Å². The first-order valence-corrected chi connectivity index (χ1v) is 3.79. The Morgan fingerprint density at radius 3 is 2.09 bits per heavy atom. The standard InChI is InChI=1S/C4H5F3O2S.Na.H/c5-4(6,7)9-10(8)3-1-2-3;;/h3H,1-2H2;;. The number of halogens is 3. The van der Waals surface area contributed by atoms with Gasteiger partial charge in [-0.1, -0.05) is 0 Å². The molecule has 1 aliphatic rings. The van der Waals surface area contributed by atoms with Gasteiger partial charge in [0.1, 0.15) is 0 Å². The molecule has 0 saturated heterocycles. The molecule has 0 spiro atoms. The maximum absolute atomic E-state index is 11.3.